The topological polar surface area (TPSA) is 69.1 Å². The molecular weight excluding hydrogens is 320 g/mol. The number of nitrogens with one attached hydrogen (secondary N) is 1. The van der Waals surface area contributed by atoms with Crippen LogP contribution in [-0.2, 0) is 4.79 Å². The Morgan fingerprint density at radius 3 is 2.44 bits per heavy atom. The van der Waals surface area contributed by atoms with Crippen LogP contribution in [0.2, 0.25) is 0 Å². The maximum atomic E-state index is 12.3. The number of rotatable bonds is 5. The van der Waals surface area contributed by atoms with Crippen LogP contribution >= 0.6 is 0 Å². The molecule has 1 amide bonds. The Labute approximate surface area is 145 Å². The summed E-state index contributed by atoms with van der Waals surface area (Å²) in [5.41, 5.74) is 1.78. The highest BCUT2D eigenvalue weighted by atomic mass is 16.5. The molecule has 0 saturated carbocycles. The van der Waals surface area contributed by atoms with Gasteiger partial charge in [0.15, 0.2) is 0 Å². The first kappa shape index (κ1) is 16.6. The van der Waals surface area contributed by atoms with Crippen molar-refractivity contribution in [1.82, 2.24) is 5.32 Å². The van der Waals surface area contributed by atoms with Gasteiger partial charge in [-0.05, 0) is 36.4 Å². The van der Waals surface area contributed by atoms with E-state index in [1.54, 1.807) is 45.6 Å². The molecular formula is C19H18N2O4. The normalized spacial score (nSPS) is 14.9. The van der Waals surface area contributed by atoms with Crippen molar-refractivity contribution >= 4 is 17.8 Å². The van der Waals surface area contributed by atoms with Crippen LogP contribution in [0.4, 0.5) is 0 Å². The summed E-state index contributed by atoms with van der Waals surface area (Å²) in [5.74, 6) is 2.20. The number of hydrogen-bond donors (Lipinski definition) is 1. The zero-order valence-corrected chi connectivity index (χ0v) is 14.2. The number of amides is 1. The zero-order chi connectivity index (χ0) is 17.8. The van der Waals surface area contributed by atoms with Gasteiger partial charge >= 0.3 is 0 Å². The predicted molar refractivity (Wildman–Crippen MR) is 95.2 cm³/mol. The summed E-state index contributed by atoms with van der Waals surface area (Å²) >= 11 is 0. The lowest BCUT2D eigenvalue weighted by molar-refractivity contribution is -0.115. The van der Waals surface area contributed by atoms with Gasteiger partial charge in [-0.15, -0.1) is 0 Å². The average Bonchev–Trinajstić information content (AvgIpc) is 3.02. The first-order valence-corrected chi connectivity index (χ1v) is 7.63. The van der Waals surface area contributed by atoms with Gasteiger partial charge in [0.05, 0.1) is 21.3 Å². The maximum absolute atomic E-state index is 12.3. The fraction of sp³-hybridized carbons (Fsp3) is 0.158. The van der Waals surface area contributed by atoms with Gasteiger partial charge in [0.25, 0.3) is 5.91 Å². The van der Waals surface area contributed by atoms with Crippen molar-refractivity contribution in [2.45, 2.75) is 0 Å². The number of aliphatic imine (C=N–C) groups is 1. The second kappa shape index (κ2) is 7.09. The number of carbonyl (C=O) groups is 1. The summed E-state index contributed by atoms with van der Waals surface area (Å²) < 4.78 is 15.8. The highest BCUT2D eigenvalue weighted by molar-refractivity contribution is 6.19. The minimum Gasteiger partial charge on any atom is -0.497 e. The van der Waals surface area contributed by atoms with Crippen molar-refractivity contribution in [1.29, 1.82) is 0 Å². The van der Waals surface area contributed by atoms with Gasteiger partial charge in [-0.2, -0.15) is 0 Å². The van der Waals surface area contributed by atoms with E-state index in [4.69, 9.17) is 14.2 Å². The molecule has 0 radical (unpaired) electrons. The van der Waals surface area contributed by atoms with Crippen LogP contribution in [0.15, 0.2) is 53.2 Å². The smallest absolute Gasteiger partial charge is 0.275 e. The predicted octanol–water partition coefficient (Wildman–Crippen LogP) is 2.63. The SMILES string of the molecule is COc1cccc(C2=N/C(=C\c3cc(OC)ccc3OC)C(=O)N2)c1. The molecule has 6 heteroatoms. The fourth-order valence-electron chi connectivity index (χ4n) is 2.48. The molecule has 0 aliphatic carbocycles. The molecule has 1 N–H and O–H groups in total. The van der Waals surface area contributed by atoms with E-state index in [2.05, 4.69) is 10.3 Å². The molecule has 0 saturated heterocycles. The zero-order valence-electron chi connectivity index (χ0n) is 14.2. The summed E-state index contributed by atoms with van der Waals surface area (Å²) in [4.78, 5) is 16.7. The Morgan fingerprint density at radius 1 is 0.960 bits per heavy atom. The molecule has 1 aliphatic heterocycles. The second-order valence-electron chi connectivity index (χ2n) is 5.28. The molecule has 1 heterocycles. The van der Waals surface area contributed by atoms with E-state index in [-0.39, 0.29) is 5.91 Å². The van der Waals surface area contributed by atoms with Crippen LogP contribution in [0.3, 0.4) is 0 Å². The fourth-order valence-corrected chi connectivity index (χ4v) is 2.48. The van der Waals surface area contributed by atoms with Crippen molar-refractivity contribution in [2.24, 2.45) is 4.99 Å². The molecule has 2 aromatic carbocycles. The lowest BCUT2D eigenvalue weighted by atomic mass is 10.1. The lowest BCUT2D eigenvalue weighted by Crippen LogP contribution is -2.24. The summed E-state index contributed by atoms with van der Waals surface area (Å²) in [6.07, 6.45) is 1.67. The summed E-state index contributed by atoms with van der Waals surface area (Å²) in [5, 5.41) is 2.77. The highest BCUT2D eigenvalue weighted by Gasteiger charge is 2.22. The Morgan fingerprint density at radius 2 is 1.72 bits per heavy atom. The molecule has 2 aromatic rings. The van der Waals surface area contributed by atoms with Gasteiger partial charge in [0.1, 0.15) is 28.8 Å². The van der Waals surface area contributed by atoms with Crippen LogP contribution < -0.4 is 19.5 Å². The molecule has 25 heavy (non-hydrogen) atoms. The number of ether oxygens (including phenoxy) is 3. The molecule has 3 rings (SSSR count). The van der Waals surface area contributed by atoms with Crippen molar-refractivity contribution < 1.29 is 19.0 Å². The van der Waals surface area contributed by atoms with Gasteiger partial charge in [0.2, 0.25) is 0 Å². The van der Waals surface area contributed by atoms with E-state index >= 15 is 0 Å². The standard InChI is InChI=1S/C19H18N2O4/c1-23-14-6-4-5-12(9-14)18-20-16(19(22)21-18)11-13-10-15(24-2)7-8-17(13)25-3/h4-11H,1-3H3,(H,20,21,22)/b16-11-. The molecule has 0 unspecified atom stereocenters. The van der Waals surface area contributed by atoms with E-state index in [9.17, 15) is 4.79 Å². The largest absolute Gasteiger partial charge is 0.497 e. The van der Waals surface area contributed by atoms with Crippen LogP contribution in [0.1, 0.15) is 11.1 Å². The minimum absolute atomic E-state index is 0.275. The third kappa shape index (κ3) is 3.47. The maximum Gasteiger partial charge on any atom is 0.275 e. The molecule has 0 atom stereocenters. The Hall–Kier alpha value is -3.28. The van der Waals surface area contributed by atoms with Crippen LogP contribution in [0.25, 0.3) is 6.08 Å². The Bertz CT molecular complexity index is 871. The quantitative estimate of drug-likeness (QED) is 0.851. The van der Waals surface area contributed by atoms with Crippen LogP contribution in [0, 0.1) is 0 Å². The molecule has 6 nitrogen and oxygen atoms in total. The third-order valence-electron chi connectivity index (χ3n) is 3.77. The van der Waals surface area contributed by atoms with Crippen molar-refractivity contribution in [3.8, 4) is 17.2 Å². The molecule has 0 spiro atoms. The van der Waals surface area contributed by atoms with E-state index in [0.29, 0.717) is 34.3 Å². The first-order chi connectivity index (χ1) is 12.1. The van der Waals surface area contributed by atoms with E-state index in [1.807, 2.05) is 24.3 Å². The number of amidine groups is 1. The summed E-state index contributed by atoms with van der Waals surface area (Å²) in [6.45, 7) is 0. The van der Waals surface area contributed by atoms with Crippen molar-refractivity contribution in [3.05, 3.63) is 59.3 Å². The van der Waals surface area contributed by atoms with Gasteiger partial charge < -0.3 is 19.5 Å². The number of benzene rings is 2. The van der Waals surface area contributed by atoms with Crippen molar-refractivity contribution in [2.75, 3.05) is 21.3 Å². The Kier molecular flexibility index (Phi) is 4.70. The van der Waals surface area contributed by atoms with Gasteiger partial charge in [-0.25, -0.2) is 4.99 Å². The average molecular weight is 338 g/mol. The van der Waals surface area contributed by atoms with Gasteiger partial charge in [0, 0.05) is 11.1 Å². The monoisotopic (exact) mass is 338 g/mol. The second-order valence-corrected chi connectivity index (χ2v) is 5.28. The van der Waals surface area contributed by atoms with Gasteiger partial charge in [-0.3, -0.25) is 4.79 Å². The minimum atomic E-state index is -0.275. The number of methoxy groups -OCH3 is 3. The summed E-state index contributed by atoms with van der Waals surface area (Å²) in [7, 11) is 4.75. The van der Waals surface area contributed by atoms with E-state index < -0.39 is 0 Å². The van der Waals surface area contributed by atoms with Gasteiger partial charge in [-0.1, -0.05) is 12.1 Å². The molecule has 0 fully saturated rings. The number of nitrogens with zero attached hydrogens (tertiary/aromatic N) is 1. The number of carbonyl (C=O) groups excluding carboxylic acids is 1. The van der Waals surface area contributed by atoms with E-state index in [1.165, 1.54) is 0 Å². The van der Waals surface area contributed by atoms with Crippen molar-refractivity contribution in [3.63, 3.8) is 0 Å². The molecule has 0 aromatic heterocycles. The Balaban J connectivity index is 1.98. The third-order valence-corrected chi connectivity index (χ3v) is 3.77. The van der Waals surface area contributed by atoms with Crippen LogP contribution in [0.5, 0.6) is 17.2 Å². The lowest BCUT2D eigenvalue weighted by Gasteiger charge is -2.07. The molecule has 0 bridgehead atoms. The highest BCUT2D eigenvalue weighted by Crippen LogP contribution is 2.27. The first-order valence-electron chi connectivity index (χ1n) is 7.63. The van der Waals surface area contributed by atoms with Crippen LogP contribution in [-0.4, -0.2) is 33.1 Å². The molecule has 128 valence electrons. The number of hydrogen-bond acceptors (Lipinski definition) is 5. The molecule has 1 aliphatic rings. The van der Waals surface area contributed by atoms with E-state index in [0.717, 1.165) is 5.56 Å². The summed E-state index contributed by atoms with van der Waals surface area (Å²) in [6, 6.07) is 12.7.